The summed E-state index contributed by atoms with van der Waals surface area (Å²) in [5.41, 5.74) is 5.11. The van der Waals surface area contributed by atoms with Crippen molar-refractivity contribution in [1.82, 2.24) is 4.57 Å². The molecule has 0 radical (unpaired) electrons. The molecule has 3 heterocycles. The molecule has 0 amide bonds. The lowest BCUT2D eigenvalue weighted by atomic mass is 10.00. The van der Waals surface area contributed by atoms with E-state index in [9.17, 15) is 0 Å². The van der Waals surface area contributed by atoms with Crippen LogP contribution in [-0.2, 0) is 0 Å². The molecule has 0 aliphatic carbocycles. The van der Waals surface area contributed by atoms with E-state index in [4.69, 9.17) is 22.5 Å². The van der Waals surface area contributed by atoms with E-state index in [-0.39, 0.29) is 35.4 Å². The molecule has 3 heteroatoms. The van der Waals surface area contributed by atoms with Gasteiger partial charge in [0.15, 0.2) is 5.58 Å². The number of fused-ring (bicyclic) bond motifs is 8. The Balaban J connectivity index is 1.29. The minimum Gasteiger partial charge on any atom is -0.455 e. The highest BCUT2D eigenvalue weighted by molar-refractivity contribution is 6.19. The van der Waals surface area contributed by atoms with Gasteiger partial charge in [0, 0.05) is 38.4 Å². The number of nitrogens with zero attached hydrogens (tertiary/aromatic N) is 1. The molecule has 3 nitrogen and oxygen atoms in total. The van der Waals surface area contributed by atoms with Crippen LogP contribution in [-0.4, -0.2) is 4.57 Å². The summed E-state index contributed by atoms with van der Waals surface area (Å²) in [7, 11) is 0. The van der Waals surface area contributed by atoms with Crippen LogP contribution < -0.4 is 0 Å². The first-order valence-corrected chi connectivity index (χ1v) is 13.0. The van der Waals surface area contributed by atoms with Crippen LogP contribution in [0.3, 0.4) is 0 Å². The highest BCUT2D eigenvalue weighted by atomic mass is 16.3. The van der Waals surface area contributed by atoms with Crippen LogP contribution in [0.15, 0.2) is 148 Å². The Labute approximate surface area is 249 Å². The van der Waals surface area contributed by atoms with Gasteiger partial charge in [0.05, 0.1) is 19.2 Å². The Kier molecular flexibility index (Phi) is 3.05. The van der Waals surface area contributed by atoms with Gasteiger partial charge >= 0.3 is 0 Å². The van der Waals surface area contributed by atoms with Crippen molar-refractivity contribution in [2.75, 3.05) is 0 Å². The van der Waals surface area contributed by atoms with Crippen molar-refractivity contribution in [2.24, 2.45) is 0 Å². The molecule has 0 spiro atoms. The summed E-state index contributed by atoms with van der Waals surface area (Å²) in [5, 5.41) is 2.90. The second-order valence-corrected chi connectivity index (χ2v) is 9.78. The van der Waals surface area contributed by atoms with E-state index in [1.165, 1.54) is 0 Å². The van der Waals surface area contributed by atoms with Gasteiger partial charge < -0.3 is 13.4 Å². The van der Waals surface area contributed by atoms with Crippen molar-refractivity contribution in [3.63, 3.8) is 0 Å². The van der Waals surface area contributed by atoms with Crippen LogP contribution in [0.1, 0.15) is 13.7 Å². The lowest BCUT2D eigenvalue weighted by Crippen LogP contribution is -1.92. The van der Waals surface area contributed by atoms with Gasteiger partial charge in [0.2, 0.25) is 0 Å². The third kappa shape index (κ3) is 3.20. The summed E-state index contributed by atoms with van der Waals surface area (Å²) in [4.78, 5) is 0. The molecule has 0 aliphatic rings. The zero-order valence-electron chi connectivity index (χ0n) is 31.3. The molecule has 6 aromatic carbocycles. The molecule has 0 saturated carbocycles. The molecule has 0 N–H and O–H groups in total. The molecule has 41 heavy (non-hydrogen) atoms. The summed E-state index contributed by atoms with van der Waals surface area (Å²) in [5.74, 6) is 0. The van der Waals surface area contributed by atoms with Gasteiger partial charge in [-0.2, -0.15) is 0 Å². The predicted molar refractivity (Wildman–Crippen MR) is 169 cm³/mol. The Bertz CT molecular complexity index is 2930. The highest BCUT2D eigenvalue weighted by Gasteiger charge is 2.21. The van der Waals surface area contributed by atoms with Gasteiger partial charge in [0.1, 0.15) is 22.3 Å². The van der Waals surface area contributed by atoms with Crippen molar-refractivity contribution in [1.29, 1.82) is 0 Å². The van der Waals surface area contributed by atoms with Crippen LogP contribution in [0.2, 0.25) is 0 Å². The summed E-state index contributed by atoms with van der Waals surface area (Å²) in [6.45, 7) is 0. The van der Waals surface area contributed by atoms with E-state index in [2.05, 4.69) is 0 Å². The van der Waals surface area contributed by atoms with Gasteiger partial charge in [0.25, 0.3) is 0 Å². The molecule has 0 unspecified atom stereocenters. The van der Waals surface area contributed by atoms with Crippen LogP contribution in [0.5, 0.6) is 0 Å². The summed E-state index contributed by atoms with van der Waals surface area (Å²) in [6, 6.07) is 20.1. The number of benzene rings is 6. The Morgan fingerprint density at radius 3 is 2.02 bits per heavy atom. The molecule has 0 atom stereocenters. The molecule has 0 aliphatic heterocycles. The monoisotopic (exact) mass is 535 g/mol. The minimum absolute atomic E-state index is 0.0268. The van der Waals surface area contributed by atoms with Crippen molar-refractivity contribution in [3.8, 4) is 27.9 Å². The summed E-state index contributed by atoms with van der Waals surface area (Å²) in [6.07, 6.45) is 0. The number of rotatable bonds is 3. The van der Waals surface area contributed by atoms with E-state index in [0.29, 0.717) is 44.3 Å². The quantitative estimate of drug-likeness (QED) is 0.225. The molecule has 0 bridgehead atoms. The van der Waals surface area contributed by atoms with Gasteiger partial charge in [-0.15, -0.1) is 0 Å². The third-order valence-corrected chi connectivity index (χ3v) is 7.59. The fourth-order valence-corrected chi connectivity index (χ4v) is 5.85. The minimum atomic E-state index is -0.470. The molecular weight excluding hydrogens is 502 g/mol. The maximum Gasteiger partial charge on any atom is 0.161 e. The Morgan fingerprint density at radius 1 is 0.512 bits per heavy atom. The molecular formula is C38H23NO2. The van der Waals surface area contributed by atoms with E-state index < -0.39 is 36.3 Å². The highest BCUT2D eigenvalue weighted by Crippen LogP contribution is 2.43. The van der Waals surface area contributed by atoms with E-state index in [1.807, 2.05) is 66.7 Å². The van der Waals surface area contributed by atoms with E-state index in [1.54, 1.807) is 16.7 Å². The van der Waals surface area contributed by atoms with Crippen molar-refractivity contribution in [3.05, 3.63) is 139 Å². The number of aromatic nitrogens is 1. The first kappa shape index (κ1) is 14.7. The van der Waals surface area contributed by atoms with E-state index >= 15 is 0 Å². The van der Waals surface area contributed by atoms with Gasteiger partial charge in [-0.05, 0) is 53.5 Å². The average Bonchev–Trinajstić information content (AvgIpc) is 3.81. The maximum absolute atomic E-state index is 8.76. The second-order valence-electron chi connectivity index (χ2n) is 9.78. The van der Waals surface area contributed by atoms with Gasteiger partial charge in [-0.25, -0.2) is 0 Å². The van der Waals surface area contributed by atoms with Gasteiger partial charge in [-0.1, -0.05) is 96.9 Å². The molecule has 3 aromatic heterocycles. The Hall–Kier alpha value is -5.54. The largest absolute Gasteiger partial charge is 0.455 e. The average molecular weight is 536 g/mol. The first-order chi connectivity index (χ1) is 24.5. The standard InChI is InChI=1S/C38H23NO2/c1-3-11-24(12-4-1)27-16-9-18-30-29-22-21-25(23-34(29)40-36(27)30)28-17-10-19-32-35-38(41-37(28)32)31-15-7-8-20-33(31)39(35)26-13-5-2-6-14-26/h1-23H/i1D,2D,3D,4D,5D,6D,11D,12D,13D,14D. The second kappa shape index (κ2) is 8.48. The van der Waals surface area contributed by atoms with E-state index in [0.717, 1.165) is 27.3 Å². The smallest absolute Gasteiger partial charge is 0.161 e. The zero-order valence-corrected chi connectivity index (χ0v) is 21.3. The van der Waals surface area contributed by atoms with Crippen LogP contribution in [0, 0.1) is 0 Å². The number of hydrogen-bond donors (Lipinski definition) is 0. The molecule has 192 valence electrons. The third-order valence-electron chi connectivity index (χ3n) is 7.59. The molecule has 9 rings (SSSR count). The molecule has 9 aromatic rings. The van der Waals surface area contributed by atoms with Crippen LogP contribution in [0.25, 0.3) is 82.9 Å². The van der Waals surface area contributed by atoms with Crippen LogP contribution >= 0.6 is 0 Å². The number of furan rings is 2. The zero-order chi connectivity index (χ0) is 35.6. The molecule has 0 saturated heterocycles. The summed E-state index contributed by atoms with van der Waals surface area (Å²) >= 11 is 0. The lowest BCUT2D eigenvalue weighted by molar-refractivity contribution is 0.670. The van der Waals surface area contributed by atoms with Gasteiger partial charge in [-0.3, -0.25) is 0 Å². The van der Waals surface area contributed by atoms with Crippen LogP contribution in [0.4, 0.5) is 0 Å². The number of hydrogen-bond acceptors (Lipinski definition) is 2. The maximum atomic E-state index is 8.76. The predicted octanol–water partition coefficient (Wildman–Crippen LogP) is 10.8. The first-order valence-electron chi connectivity index (χ1n) is 18.0. The molecule has 0 fully saturated rings. The van der Waals surface area contributed by atoms with Crippen molar-refractivity contribution < 1.29 is 22.5 Å². The van der Waals surface area contributed by atoms with Crippen molar-refractivity contribution >= 4 is 54.9 Å². The SMILES string of the molecule is [2H]c1c([2H])c([2H])c(-c2cccc3c2oc2cc(-c4cccc5c4oc4c6ccccc6n(-c6c([2H])c([2H])c([2H])c([2H])c6[2H])c54)ccc23)c([2H])c1[2H]. The summed E-state index contributed by atoms with van der Waals surface area (Å²) < 4.78 is 98.5. The topological polar surface area (TPSA) is 31.2 Å². The van der Waals surface area contributed by atoms with Crippen molar-refractivity contribution in [2.45, 2.75) is 0 Å². The fraction of sp³-hybridized carbons (Fsp3) is 0. The number of para-hydroxylation sites is 4. The fourth-order valence-electron chi connectivity index (χ4n) is 5.85. The lowest BCUT2D eigenvalue weighted by Gasteiger charge is -2.08. The Morgan fingerprint density at radius 2 is 1.20 bits per heavy atom. The normalized spacial score (nSPS) is 15.3.